The van der Waals surface area contributed by atoms with Crippen LogP contribution < -0.4 is 14.8 Å². The third-order valence-corrected chi connectivity index (χ3v) is 4.40. The molecule has 1 aliphatic heterocycles. The molecule has 3 rings (SSSR count). The normalized spacial score (nSPS) is 16.8. The van der Waals surface area contributed by atoms with Gasteiger partial charge in [0.25, 0.3) is 5.91 Å². The Morgan fingerprint density at radius 1 is 1.24 bits per heavy atom. The number of benzene rings is 2. The monoisotopic (exact) mass is 340 g/mol. The van der Waals surface area contributed by atoms with Crippen LogP contribution in [0.15, 0.2) is 42.5 Å². The Morgan fingerprint density at radius 3 is 2.80 bits per heavy atom. The molecule has 0 fully saturated rings. The standard InChI is InChI=1S/C20H24N2O3/c1-4-25-18-10-9-14(11-19(18)24-3)20(23)21-17-13-22(2)12-15-7-5-6-8-16(15)17/h5-11,17H,4,12-13H2,1-3H3,(H,21,23). The van der Waals surface area contributed by atoms with Gasteiger partial charge in [-0.2, -0.15) is 0 Å². The van der Waals surface area contributed by atoms with Crippen molar-refractivity contribution in [3.8, 4) is 11.5 Å². The molecular formula is C20H24N2O3. The van der Waals surface area contributed by atoms with Crippen LogP contribution in [0.5, 0.6) is 11.5 Å². The second kappa shape index (κ2) is 7.57. The van der Waals surface area contributed by atoms with Gasteiger partial charge in [-0.15, -0.1) is 0 Å². The second-order valence-corrected chi connectivity index (χ2v) is 6.22. The number of carbonyl (C=O) groups is 1. The van der Waals surface area contributed by atoms with E-state index in [1.54, 1.807) is 25.3 Å². The number of nitrogens with zero attached hydrogens (tertiary/aromatic N) is 1. The number of carbonyl (C=O) groups excluding carboxylic acids is 1. The van der Waals surface area contributed by atoms with Gasteiger partial charge in [-0.25, -0.2) is 0 Å². The molecule has 1 N–H and O–H groups in total. The molecule has 0 saturated heterocycles. The molecular weight excluding hydrogens is 316 g/mol. The maximum Gasteiger partial charge on any atom is 0.251 e. The minimum Gasteiger partial charge on any atom is -0.493 e. The molecule has 0 saturated carbocycles. The van der Waals surface area contributed by atoms with Crippen LogP contribution in [0.25, 0.3) is 0 Å². The summed E-state index contributed by atoms with van der Waals surface area (Å²) >= 11 is 0. The van der Waals surface area contributed by atoms with Crippen LogP contribution in [0, 0.1) is 0 Å². The molecule has 2 aromatic carbocycles. The van der Waals surface area contributed by atoms with E-state index >= 15 is 0 Å². The first-order valence-electron chi connectivity index (χ1n) is 8.50. The molecule has 0 spiro atoms. The van der Waals surface area contributed by atoms with Crippen LogP contribution >= 0.6 is 0 Å². The van der Waals surface area contributed by atoms with Crippen molar-refractivity contribution in [3.05, 3.63) is 59.2 Å². The Labute approximate surface area is 148 Å². The summed E-state index contributed by atoms with van der Waals surface area (Å²) in [5.74, 6) is 1.09. The largest absolute Gasteiger partial charge is 0.493 e. The van der Waals surface area contributed by atoms with Crippen molar-refractivity contribution in [2.24, 2.45) is 0 Å². The molecule has 0 radical (unpaired) electrons. The zero-order chi connectivity index (χ0) is 17.8. The molecule has 1 heterocycles. The molecule has 0 aromatic heterocycles. The minimum atomic E-state index is -0.114. The van der Waals surface area contributed by atoms with Crippen LogP contribution in [-0.4, -0.2) is 38.1 Å². The third-order valence-electron chi connectivity index (χ3n) is 4.40. The van der Waals surface area contributed by atoms with Crippen LogP contribution in [0.4, 0.5) is 0 Å². The molecule has 1 unspecified atom stereocenters. The van der Waals surface area contributed by atoms with E-state index in [-0.39, 0.29) is 11.9 Å². The van der Waals surface area contributed by atoms with Crippen molar-refractivity contribution in [1.29, 1.82) is 0 Å². The number of methoxy groups -OCH3 is 1. The Balaban J connectivity index is 1.81. The van der Waals surface area contributed by atoms with Gasteiger partial charge in [0.05, 0.1) is 19.8 Å². The molecule has 25 heavy (non-hydrogen) atoms. The van der Waals surface area contributed by atoms with Gasteiger partial charge in [0, 0.05) is 18.7 Å². The summed E-state index contributed by atoms with van der Waals surface area (Å²) in [5.41, 5.74) is 3.00. The molecule has 0 bridgehead atoms. The fraction of sp³-hybridized carbons (Fsp3) is 0.350. The van der Waals surface area contributed by atoms with Gasteiger partial charge in [-0.05, 0) is 43.3 Å². The van der Waals surface area contributed by atoms with Crippen LogP contribution in [0.3, 0.4) is 0 Å². The maximum absolute atomic E-state index is 12.7. The highest BCUT2D eigenvalue weighted by Gasteiger charge is 2.25. The highest BCUT2D eigenvalue weighted by molar-refractivity contribution is 5.95. The summed E-state index contributed by atoms with van der Waals surface area (Å²) in [7, 11) is 3.64. The lowest BCUT2D eigenvalue weighted by Gasteiger charge is -2.32. The molecule has 1 atom stereocenters. The van der Waals surface area contributed by atoms with E-state index in [0.717, 1.165) is 13.1 Å². The lowest BCUT2D eigenvalue weighted by Crippen LogP contribution is -2.40. The smallest absolute Gasteiger partial charge is 0.251 e. The molecule has 1 aliphatic rings. The second-order valence-electron chi connectivity index (χ2n) is 6.22. The van der Waals surface area contributed by atoms with Crippen molar-refractivity contribution in [1.82, 2.24) is 10.2 Å². The number of hydrogen-bond acceptors (Lipinski definition) is 4. The number of fused-ring (bicyclic) bond motifs is 1. The SMILES string of the molecule is CCOc1ccc(C(=O)NC2CN(C)Cc3ccccc32)cc1OC. The van der Waals surface area contributed by atoms with Crippen LogP contribution in [0.2, 0.25) is 0 Å². The van der Waals surface area contributed by atoms with Gasteiger partial charge in [-0.1, -0.05) is 24.3 Å². The molecule has 5 nitrogen and oxygen atoms in total. The van der Waals surface area contributed by atoms with Crippen LogP contribution in [0.1, 0.15) is 34.5 Å². The number of ether oxygens (including phenoxy) is 2. The van der Waals surface area contributed by atoms with Gasteiger partial charge < -0.3 is 14.8 Å². The Kier molecular flexibility index (Phi) is 5.24. The molecule has 5 heteroatoms. The Bertz CT molecular complexity index is 760. The number of rotatable bonds is 5. The Hall–Kier alpha value is -2.53. The number of likely N-dealkylation sites (N-methyl/N-ethyl adjacent to an activating group) is 1. The molecule has 132 valence electrons. The summed E-state index contributed by atoms with van der Waals surface area (Å²) in [4.78, 5) is 15.0. The topological polar surface area (TPSA) is 50.8 Å². The van der Waals surface area contributed by atoms with E-state index < -0.39 is 0 Å². The van der Waals surface area contributed by atoms with Gasteiger partial charge in [-0.3, -0.25) is 9.69 Å². The number of nitrogens with one attached hydrogen (secondary N) is 1. The van der Waals surface area contributed by atoms with Crippen molar-refractivity contribution in [2.75, 3.05) is 27.3 Å². The average Bonchev–Trinajstić information content (AvgIpc) is 2.62. The van der Waals surface area contributed by atoms with Gasteiger partial charge in [0.2, 0.25) is 0 Å². The molecule has 0 aliphatic carbocycles. The fourth-order valence-corrected chi connectivity index (χ4v) is 3.23. The quantitative estimate of drug-likeness (QED) is 0.909. The predicted octanol–water partition coefficient (Wildman–Crippen LogP) is 3.01. The lowest BCUT2D eigenvalue weighted by molar-refractivity contribution is 0.0921. The first-order chi connectivity index (χ1) is 12.1. The fourth-order valence-electron chi connectivity index (χ4n) is 3.23. The van der Waals surface area contributed by atoms with E-state index in [9.17, 15) is 4.79 Å². The van der Waals surface area contributed by atoms with E-state index in [1.165, 1.54) is 11.1 Å². The van der Waals surface area contributed by atoms with Crippen molar-refractivity contribution < 1.29 is 14.3 Å². The van der Waals surface area contributed by atoms with E-state index in [2.05, 4.69) is 29.4 Å². The van der Waals surface area contributed by atoms with Crippen molar-refractivity contribution in [3.63, 3.8) is 0 Å². The van der Waals surface area contributed by atoms with Gasteiger partial charge in [0.15, 0.2) is 11.5 Å². The maximum atomic E-state index is 12.7. The lowest BCUT2D eigenvalue weighted by atomic mass is 9.95. The highest BCUT2D eigenvalue weighted by Crippen LogP contribution is 2.29. The minimum absolute atomic E-state index is 0.0278. The number of amides is 1. The van der Waals surface area contributed by atoms with E-state index in [0.29, 0.717) is 23.7 Å². The third kappa shape index (κ3) is 3.77. The average molecular weight is 340 g/mol. The summed E-state index contributed by atoms with van der Waals surface area (Å²) < 4.78 is 10.8. The van der Waals surface area contributed by atoms with E-state index in [1.807, 2.05) is 19.1 Å². The molecule has 1 amide bonds. The molecule has 2 aromatic rings. The van der Waals surface area contributed by atoms with Crippen molar-refractivity contribution in [2.45, 2.75) is 19.5 Å². The zero-order valence-corrected chi connectivity index (χ0v) is 14.9. The van der Waals surface area contributed by atoms with Crippen molar-refractivity contribution >= 4 is 5.91 Å². The first-order valence-corrected chi connectivity index (χ1v) is 8.50. The summed E-state index contributed by atoms with van der Waals surface area (Å²) in [6.45, 7) is 4.15. The highest BCUT2D eigenvalue weighted by atomic mass is 16.5. The van der Waals surface area contributed by atoms with E-state index in [4.69, 9.17) is 9.47 Å². The first kappa shape index (κ1) is 17.3. The summed E-state index contributed by atoms with van der Waals surface area (Å²) in [5, 5.41) is 3.15. The predicted molar refractivity (Wildman–Crippen MR) is 97.1 cm³/mol. The van der Waals surface area contributed by atoms with Gasteiger partial charge >= 0.3 is 0 Å². The van der Waals surface area contributed by atoms with Gasteiger partial charge in [0.1, 0.15) is 0 Å². The summed E-state index contributed by atoms with van der Waals surface area (Å²) in [6, 6.07) is 13.5. The number of hydrogen-bond donors (Lipinski definition) is 1. The van der Waals surface area contributed by atoms with Crippen LogP contribution in [-0.2, 0) is 6.54 Å². The Morgan fingerprint density at radius 2 is 2.04 bits per heavy atom. The summed E-state index contributed by atoms with van der Waals surface area (Å²) in [6.07, 6.45) is 0. The zero-order valence-electron chi connectivity index (χ0n) is 14.9.